The smallest absolute Gasteiger partial charge is 0.335 e. The standard InChI is InChI=1S/C11H10FNO2/c12-10-7-9(11(14)15)5-4-8(10)3-1-2-6-13/h4-5,7H,2,6,13H2,(H,14,15). The summed E-state index contributed by atoms with van der Waals surface area (Å²) in [5, 5.41) is 8.60. The number of rotatable bonds is 2. The van der Waals surface area contributed by atoms with Gasteiger partial charge in [0.2, 0.25) is 0 Å². The van der Waals surface area contributed by atoms with Crippen LogP contribution >= 0.6 is 0 Å². The number of carboxylic acid groups (broad SMARTS) is 1. The minimum Gasteiger partial charge on any atom is -0.478 e. The second-order valence-corrected chi connectivity index (χ2v) is 2.84. The predicted molar refractivity (Wildman–Crippen MR) is 53.9 cm³/mol. The zero-order valence-electron chi connectivity index (χ0n) is 7.96. The molecule has 0 atom stereocenters. The summed E-state index contributed by atoms with van der Waals surface area (Å²) < 4.78 is 13.2. The molecular weight excluding hydrogens is 197 g/mol. The first-order chi connectivity index (χ1) is 7.15. The maximum Gasteiger partial charge on any atom is 0.335 e. The van der Waals surface area contributed by atoms with E-state index in [1.54, 1.807) is 0 Å². The number of halogens is 1. The van der Waals surface area contributed by atoms with Gasteiger partial charge in [-0.25, -0.2) is 9.18 Å². The molecule has 1 aromatic rings. The van der Waals surface area contributed by atoms with Crippen molar-refractivity contribution in [1.29, 1.82) is 0 Å². The van der Waals surface area contributed by atoms with E-state index >= 15 is 0 Å². The highest BCUT2D eigenvalue weighted by Crippen LogP contribution is 2.09. The molecule has 0 saturated heterocycles. The quantitative estimate of drug-likeness (QED) is 0.717. The van der Waals surface area contributed by atoms with Crippen LogP contribution in [0.1, 0.15) is 22.3 Å². The molecule has 0 aliphatic rings. The van der Waals surface area contributed by atoms with E-state index in [-0.39, 0.29) is 11.1 Å². The van der Waals surface area contributed by atoms with Crippen LogP contribution in [-0.4, -0.2) is 17.6 Å². The number of carboxylic acids is 1. The fourth-order valence-corrected chi connectivity index (χ4v) is 0.979. The van der Waals surface area contributed by atoms with Gasteiger partial charge in [-0.1, -0.05) is 11.8 Å². The zero-order valence-corrected chi connectivity index (χ0v) is 7.96. The summed E-state index contributed by atoms with van der Waals surface area (Å²) in [7, 11) is 0. The molecule has 1 rings (SSSR count). The number of aromatic carboxylic acids is 1. The number of hydrogen-bond acceptors (Lipinski definition) is 2. The lowest BCUT2D eigenvalue weighted by molar-refractivity contribution is 0.0696. The van der Waals surface area contributed by atoms with Gasteiger partial charge in [0.15, 0.2) is 0 Å². The molecule has 0 aliphatic heterocycles. The molecular formula is C11H10FNO2. The highest BCUT2D eigenvalue weighted by molar-refractivity contribution is 5.87. The van der Waals surface area contributed by atoms with E-state index in [1.165, 1.54) is 12.1 Å². The number of hydrogen-bond donors (Lipinski definition) is 2. The van der Waals surface area contributed by atoms with Crippen molar-refractivity contribution in [1.82, 2.24) is 0 Å². The first-order valence-corrected chi connectivity index (χ1v) is 4.37. The Morgan fingerprint density at radius 1 is 1.53 bits per heavy atom. The third-order valence-corrected chi connectivity index (χ3v) is 1.71. The Labute approximate surface area is 86.7 Å². The first kappa shape index (κ1) is 11.2. The second-order valence-electron chi connectivity index (χ2n) is 2.84. The van der Waals surface area contributed by atoms with E-state index in [9.17, 15) is 9.18 Å². The minimum atomic E-state index is -1.16. The van der Waals surface area contributed by atoms with Crippen LogP contribution in [0.25, 0.3) is 0 Å². The van der Waals surface area contributed by atoms with Crippen molar-refractivity contribution in [3.8, 4) is 11.8 Å². The van der Waals surface area contributed by atoms with Gasteiger partial charge < -0.3 is 10.8 Å². The monoisotopic (exact) mass is 207 g/mol. The van der Waals surface area contributed by atoms with Gasteiger partial charge >= 0.3 is 5.97 Å². The maximum absolute atomic E-state index is 13.2. The molecule has 4 heteroatoms. The van der Waals surface area contributed by atoms with Gasteiger partial charge in [0.1, 0.15) is 5.82 Å². The van der Waals surface area contributed by atoms with Crippen LogP contribution in [0.4, 0.5) is 4.39 Å². The van der Waals surface area contributed by atoms with Gasteiger partial charge in [-0.05, 0) is 18.2 Å². The summed E-state index contributed by atoms with van der Waals surface area (Å²) in [5.41, 5.74) is 5.32. The highest BCUT2D eigenvalue weighted by atomic mass is 19.1. The molecule has 0 saturated carbocycles. The Hall–Kier alpha value is -1.86. The number of benzene rings is 1. The summed E-state index contributed by atoms with van der Waals surface area (Å²) in [6.07, 6.45) is 0.486. The van der Waals surface area contributed by atoms with Gasteiger partial charge in [-0.15, -0.1) is 0 Å². The van der Waals surface area contributed by atoms with Crippen molar-refractivity contribution in [2.75, 3.05) is 6.54 Å². The fourth-order valence-electron chi connectivity index (χ4n) is 0.979. The van der Waals surface area contributed by atoms with E-state index < -0.39 is 11.8 Å². The van der Waals surface area contributed by atoms with E-state index in [0.717, 1.165) is 6.07 Å². The van der Waals surface area contributed by atoms with E-state index in [0.29, 0.717) is 13.0 Å². The molecule has 3 nitrogen and oxygen atoms in total. The molecule has 0 bridgehead atoms. The predicted octanol–water partition coefficient (Wildman–Crippen LogP) is 1.22. The molecule has 0 spiro atoms. The number of nitrogens with two attached hydrogens (primary N) is 1. The summed E-state index contributed by atoms with van der Waals surface area (Å²) in [6, 6.07) is 3.62. The van der Waals surface area contributed by atoms with Gasteiger partial charge in [0, 0.05) is 13.0 Å². The molecule has 0 unspecified atom stereocenters. The van der Waals surface area contributed by atoms with Gasteiger partial charge in [-0.2, -0.15) is 0 Å². The molecule has 0 aliphatic carbocycles. The molecule has 78 valence electrons. The van der Waals surface area contributed by atoms with Crippen LogP contribution < -0.4 is 5.73 Å². The first-order valence-electron chi connectivity index (χ1n) is 4.37. The summed E-state index contributed by atoms with van der Waals surface area (Å²) >= 11 is 0. The largest absolute Gasteiger partial charge is 0.478 e. The average molecular weight is 207 g/mol. The third-order valence-electron chi connectivity index (χ3n) is 1.71. The molecule has 0 heterocycles. The van der Waals surface area contributed by atoms with Gasteiger partial charge in [0.25, 0.3) is 0 Å². The Bertz CT molecular complexity index is 432. The second kappa shape index (κ2) is 5.13. The summed E-state index contributed by atoms with van der Waals surface area (Å²) in [4.78, 5) is 10.5. The Kier molecular flexibility index (Phi) is 3.83. The van der Waals surface area contributed by atoms with Gasteiger partial charge in [-0.3, -0.25) is 0 Å². The Morgan fingerprint density at radius 2 is 2.27 bits per heavy atom. The molecule has 0 fully saturated rings. The lowest BCUT2D eigenvalue weighted by Crippen LogP contribution is -1.98. The van der Waals surface area contributed by atoms with Crippen LogP contribution in [0.15, 0.2) is 18.2 Å². The SMILES string of the molecule is NCCC#Cc1ccc(C(=O)O)cc1F. The van der Waals surface area contributed by atoms with Crippen molar-refractivity contribution in [3.63, 3.8) is 0 Å². The Morgan fingerprint density at radius 3 is 2.80 bits per heavy atom. The van der Waals surface area contributed by atoms with Crippen molar-refractivity contribution in [2.45, 2.75) is 6.42 Å². The lowest BCUT2D eigenvalue weighted by atomic mass is 10.1. The molecule has 1 aromatic carbocycles. The maximum atomic E-state index is 13.2. The summed E-state index contributed by atoms with van der Waals surface area (Å²) in [5.74, 6) is 3.48. The van der Waals surface area contributed by atoms with Crippen molar-refractivity contribution in [2.24, 2.45) is 5.73 Å². The van der Waals surface area contributed by atoms with Gasteiger partial charge in [0.05, 0.1) is 11.1 Å². The molecule has 15 heavy (non-hydrogen) atoms. The highest BCUT2D eigenvalue weighted by Gasteiger charge is 2.06. The summed E-state index contributed by atoms with van der Waals surface area (Å²) in [6.45, 7) is 0.418. The Balaban J connectivity index is 2.95. The minimum absolute atomic E-state index is 0.0862. The topological polar surface area (TPSA) is 63.3 Å². The van der Waals surface area contributed by atoms with E-state index in [1.807, 2.05) is 0 Å². The number of carbonyl (C=O) groups is 1. The molecule has 3 N–H and O–H groups in total. The third kappa shape index (κ3) is 3.08. The normalized spacial score (nSPS) is 9.20. The lowest BCUT2D eigenvalue weighted by Gasteiger charge is -1.96. The van der Waals surface area contributed by atoms with E-state index in [4.69, 9.17) is 10.8 Å². The zero-order chi connectivity index (χ0) is 11.3. The van der Waals surface area contributed by atoms with Crippen molar-refractivity contribution >= 4 is 5.97 Å². The fraction of sp³-hybridized carbons (Fsp3) is 0.182. The van der Waals surface area contributed by atoms with Crippen LogP contribution in [0.2, 0.25) is 0 Å². The van der Waals surface area contributed by atoms with Crippen LogP contribution in [-0.2, 0) is 0 Å². The van der Waals surface area contributed by atoms with Crippen molar-refractivity contribution < 1.29 is 14.3 Å². The average Bonchev–Trinajstić information content (AvgIpc) is 2.20. The van der Waals surface area contributed by atoms with Crippen LogP contribution in [0.5, 0.6) is 0 Å². The van der Waals surface area contributed by atoms with E-state index in [2.05, 4.69) is 11.8 Å². The van der Waals surface area contributed by atoms with Crippen LogP contribution in [0, 0.1) is 17.7 Å². The molecule has 0 aromatic heterocycles. The molecule has 0 amide bonds. The van der Waals surface area contributed by atoms with Crippen molar-refractivity contribution in [3.05, 3.63) is 35.1 Å². The van der Waals surface area contributed by atoms with Crippen LogP contribution in [0.3, 0.4) is 0 Å². The molecule has 0 radical (unpaired) electrons.